The third kappa shape index (κ3) is 2.57. The molecule has 1 unspecified atom stereocenters. The molecular weight excluding hydrogens is 310 g/mol. The Bertz CT molecular complexity index is 903. The highest BCUT2D eigenvalue weighted by Gasteiger charge is 2.24. The van der Waals surface area contributed by atoms with Crippen LogP contribution < -0.4 is 15.8 Å². The number of hydrogen-bond acceptors (Lipinski definition) is 6. The molecule has 0 saturated heterocycles. The van der Waals surface area contributed by atoms with Crippen molar-refractivity contribution in [1.29, 1.82) is 0 Å². The summed E-state index contributed by atoms with van der Waals surface area (Å²) < 4.78 is 1.33. The first-order valence-corrected chi connectivity index (χ1v) is 8.47. The SMILES string of the molecule is CC1Cc2ccccc2N1CCNc1nn2c(=O)ccnc2s1. The third-order valence-corrected chi connectivity index (χ3v) is 5.03. The predicted molar refractivity (Wildman–Crippen MR) is 92.6 cm³/mol. The summed E-state index contributed by atoms with van der Waals surface area (Å²) >= 11 is 1.39. The van der Waals surface area contributed by atoms with Gasteiger partial charge in [0.1, 0.15) is 0 Å². The number of para-hydroxylation sites is 1. The van der Waals surface area contributed by atoms with Crippen molar-refractivity contribution in [2.75, 3.05) is 23.3 Å². The molecule has 1 atom stereocenters. The van der Waals surface area contributed by atoms with Crippen LogP contribution in [-0.2, 0) is 6.42 Å². The lowest BCUT2D eigenvalue weighted by Crippen LogP contribution is -2.33. The summed E-state index contributed by atoms with van der Waals surface area (Å²) in [5.74, 6) is 0. The molecule has 0 radical (unpaired) electrons. The Morgan fingerprint density at radius 3 is 3.09 bits per heavy atom. The van der Waals surface area contributed by atoms with Gasteiger partial charge in [-0.2, -0.15) is 4.52 Å². The Morgan fingerprint density at radius 1 is 1.35 bits per heavy atom. The van der Waals surface area contributed by atoms with Crippen molar-refractivity contribution < 1.29 is 0 Å². The molecule has 0 amide bonds. The topological polar surface area (TPSA) is 62.5 Å². The minimum Gasteiger partial charge on any atom is -0.367 e. The fraction of sp³-hybridized carbons (Fsp3) is 0.312. The normalized spacial score (nSPS) is 16.7. The van der Waals surface area contributed by atoms with Crippen LogP contribution >= 0.6 is 11.3 Å². The van der Waals surface area contributed by atoms with Gasteiger partial charge in [-0.3, -0.25) is 4.79 Å². The number of hydrogen-bond donors (Lipinski definition) is 1. The first kappa shape index (κ1) is 14.2. The molecule has 3 heterocycles. The first-order valence-electron chi connectivity index (χ1n) is 7.66. The van der Waals surface area contributed by atoms with E-state index in [2.05, 4.69) is 51.5 Å². The maximum Gasteiger partial charge on any atom is 0.275 e. The quantitative estimate of drug-likeness (QED) is 0.794. The highest BCUT2D eigenvalue weighted by atomic mass is 32.1. The van der Waals surface area contributed by atoms with Crippen molar-refractivity contribution in [3.05, 3.63) is 52.4 Å². The Morgan fingerprint density at radius 2 is 2.22 bits per heavy atom. The summed E-state index contributed by atoms with van der Waals surface area (Å²) in [7, 11) is 0. The van der Waals surface area contributed by atoms with Crippen molar-refractivity contribution in [2.45, 2.75) is 19.4 Å². The van der Waals surface area contributed by atoms with Crippen LogP contribution in [0.1, 0.15) is 12.5 Å². The smallest absolute Gasteiger partial charge is 0.275 e. The zero-order chi connectivity index (χ0) is 15.8. The summed E-state index contributed by atoms with van der Waals surface area (Å²) in [6.45, 7) is 3.92. The molecule has 0 spiro atoms. The predicted octanol–water partition coefficient (Wildman–Crippen LogP) is 2.01. The standard InChI is InChI=1S/C16H17N5OS/c1-11-10-12-4-2-3-5-13(12)20(11)9-8-17-15-19-21-14(22)6-7-18-16(21)23-15/h2-7,11H,8-10H2,1H3,(H,17,19). The van der Waals surface area contributed by atoms with E-state index in [1.54, 1.807) is 0 Å². The number of nitrogens with one attached hydrogen (secondary N) is 1. The van der Waals surface area contributed by atoms with E-state index < -0.39 is 0 Å². The summed E-state index contributed by atoms with van der Waals surface area (Å²) in [5.41, 5.74) is 2.58. The van der Waals surface area contributed by atoms with Crippen LogP contribution in [0.4, 0.5) is 10.8 Å². The zero-order valence-electron chi connectivity index (χ0n) is 12.8. The minimum absolute atomic E-state index is 0.151. The van der Waals surface area contributed by atoms with Crippen LogP contribution in [0.2, 0.25) is 0 Å². The number of rotatable bonds is 4. The van der Waals surface area contributed by atoms with E-state index in [0.29, 0.717) is 11.0 Å². The number of fused-ring (bicyclic) bond motifs is 2. The Balaban J connectivity index is 1.45. The van der Waals surface area contributed by atoms with Gasteiger partial charge in [0.15, 0.2) is 0 Å². The minimum atomic E-state index is -0.151. The van der Waals surface area contributed by atoms with Crippen LogP contribution in [0.3, 0.4) is 0 Å². The van der Waals surface area contributed by atoms with Gasteiger partial charge in [-0.25, -0.2) is 4.98 Å². The molecule has 4 rings (SSSR count). The monoisotopic (exact) mass is 327 g/mol. The van der Waals surface area contributed by atoms with Crippen LogP contribution in [0.15, 0.2) is 41.3 Å². The third-order valence-electron chi connectivity index (χ3n) is 4.15. The van der Waals surface area contributed by atoms with E-state index >= 15 is 0 Å². The number of nitrogens with zero attached hydrogens (tertiary/aromatic N) is 4. The largest absolute Gasteiger partial charge is 0.367 e. The van der Waals surface area contributed by atoms with Gasteiger partial charge in [0.2, 0.25) is 10.1 Å². The summed E-state index contributed by atoms with van der Waals surface area (Å²) in [5, 5.41) is 8.30. The van der Waals surface area contributed by atoms with Gasteiger partial charge < -0.3 is 10.2 Å². The maximum atomic E-state index is 11.7. The number of aromatic nitrogens is 3. The van der Waals surface area contributed by atoms with Crippen LogP contribution in [0.25, 0.3) is 4.96 Å². The Hall–Kier alpha value is -2.41. The average molecular weight is 327 g/mol. The van der Waals surface area contributed by atoms with Crippen molar-refractivity contribution in [3.8, 4) is 0 Å². The molecule has 1 aliphatic rings. The molecule has 1 N–H and O–H groups in total. The van der Waals surface area contributed by atoms with Crippen molar-refractivity contribution in [1.82, 2.24) is 14.6 Å². The van der Waals surface area contributed by atoms with E-state index in [1.807, 2.05) is 0 Å². The highest BCUT2D eigenvalue weighted by Crippen LogP contribution is 2.31. The molecule has 2 aromatic heterocycles. The first-order chi connectivity index (χ1) is 11.2. The Kier molecular flexibility index (Phi) is 3.49. The second kappa shape index (κ2) is 5.66. The van der Waals surface area contributed by atoms with Gasteiger partial charge >= 0.3 is 0 Å². The molecular formula is C16H17N5OS. The van der Waals surface area contributed by atoms with Crippen LogP contribution in [0, 0.1) is 0 Å². The highest BCUT2D eigenvalue weighted by molar-refractivity contribution is 7.20. The molecule has 0 aliphatic carbocycles. The van der Waals surface area contributed by atoms with Gasteiger partial charge in [-0.05, 0) is 25.0 Å². The van der Waals surface area contributed by atoms with Crippen molar-refractivity contribution >= 4 is 27.1 Å². The zero-order valence-corrected chi connectivity index (χ0v) is 13.6. The van der Waals surface area contributed by atoms with E-state index in [0.717, 1.165) is 24.6 Å². The summed E-state index contributed by atoms with van der Waals surface area (Å²) in [6.07, 6.45) is 2.61. The second-order valence-corrected chi connectivity index (χ2v) is 6.64. The molecule has 1 aliphatic heterocycles. The average Bonchev–Trinajstić information content (AvgIpc) is 3.10. The van der Waals surface area contributed by atoms with Crippen molar-refractivity contribution in [2.24, 2.45) is 0 Å². The van der Waals surface area contributed by atoms with Gasteiger partial charge in [-0.1, -0.05) is 29.5 Å². The summed E-state index contributed by atoms with van der Waals surface area (Å²) in [4.78, 5) is 18.9. The fourth-order valence-electron chi connectivity index (χ4n) is 3.07. The molecule has 118 valence electrons. The maximum absolute atomic E-state index is 11.7. The molecule has 23 heavy (non-hydrogen) atoms. The second-order valence-electron chi connectivity index (χ2n) is 5.69. The number of anilines is 2. The molecule has 1 aromatic carbocycles. The molecule has 6 nitrogen and oxygen atoms in total. The number of benzene rings is 1. The molecule has 0 bridgehead atoms. The van der Waals surface area contributed by atoms with E-state index in [-0.39, 0.29) is 5.56 Å². The van der Waals surface area contributed by atoms with Crippen LogP contribution in [-0.4, -0.2) is 33.7 Å². The van der Waals surface area contributed by atoms with Gasteiger partial charge in [0, 0.05) is 37.1 Å². The van der Waals surface area contributed by atoms with Gasteiger partial charge in [-0.15, -0.1) is 5.10 Å². The molecule has 7 heteroatoms. The van der Waals surface area contributed by atoms with Gasteiger partial charge in [0.25, 0.3) is 5.56 Å². The molecule has 0 fully saturated rings. The van der Waals surface area contributed by atoms with E-state index in [9.17, 15) is 4.79 Å². The lowest BCUT2D eigenvalue weighted by atomic mass is 10.1. The summed E-state index contributed by atoms with van der Waals surface area (Å²) in [6, 6.07) is 10.5. The Labute approximate surface area is 137 Å². The lowest BCUT2D eigenvalue weighted by molar-refractivity contribution is 0.680. The molecule has 0 saturated carbocycles. The van der Waals surface area contributed by atoms with E-state index in [1.165, 1.54) is 39.4 Å². The van der Waals surface area contributed by atoms with E-state index in [4.69, 9.17) is 0 Å². The molecule has 3 aromatic rings. The fourth-order valence-corrected chi connectivity index (χ4v) is 3.87. The van der Waals surface area contributed by atoms with Gasteiger partial charge in [0.05, 0.1) is 0 Å². The van der Waals surface area contributed by atoms with Crippen LogP contribution in [0.5, 0.6) is 0 Å². The van der Waals surface area contributed by atoms with Crippen molar-refractivity contribution in [3.63, 3.8) is 0 Å². The lowest BCUT2D eigenvalue weighted by Gasteiger charge is -2.24.